The standard InChI is InChI=1S/C22H29ClN4O2S/c1-3-16-8-6-7-13-26(16)21(28)15(2)30-22-25-24-20(27(22)17-11-12-17)14-29-19-10-5-4-9-18(19)23/h4-5,9-10,15-17H,3,6-8,11-14H2,1-2H3. The molecule has 1 aromatic heterocycles. The van der Waals surface area contributed by atoms with E-state index in [4.69, 9.17) is 16.3 Å². The summed E-state index contributed by atoms with van der Waals surface area (Å²) in [5.74, 6) is 1.63. The molecule has 1 aromatic carbocycles. The summed E-state index contributed by atoms with van der Waals surface area (Å²) in [6, 6.07) is 8.19. The Morgan fingerprint density at radius 2 is 2.07 bits per heavy atom. The van der Waals surface area contributed by atoms with E-state index in [2.05, 4.69) is 26.6 Å². The van der Waals surface area contributed by atoms with Crippen LogP contribution >= 0.6 is 23.4 Å². The number of hydrogen-bond donors (Lipinski definition) is 0. The van der Waals surface area contributed by atoms with E-state index in [-0.39, 0.29) is 11.2 Å². The highest BCUT2D eigenvalue weighted by Crippen LogP contribution is 2.40. The molecule has 0 radical (unpaired) electrons. The Morgan fingerprint density at radius 1 is 1.27 bits per heavy atom. The summed E-state index contributed by atoms with van der Waals surface area (Å²) in [6.07, 6.45) is 6.66. The van der Waals surface area contributed by atoms with Crippen LogP contribution < -0.4 is 4.74 Å². The van der Waals surface area contributed by atoms with E-state index in [1.54, 1.807) is 6.07 Å². The van der Waals surface area contributed by atoms with E-state index >= 15 is 0 Å². The van der Waals surface area contributed by atoms with Crippen molar-refractivity contribution >= 4 is 29.3 Å². The maximum atomic E-state index is 13.1. The van der Waals surface area contributed by atoms with Crippen LogP contribution in [0.3, 0.4) is 0 Å². The molecular weight excluding hydrogens is 420 g/mol. The second kappa shape index (κ2) is 9.60. The lowest BCUT2D eigenvalue weighted by molar-refractivity contribution is -0.134. The predicted molar refractivity (Wildman–Crippen MR) is 119 cm³/mol. The fourth-order valence-corrected chi connectivity index (χ4v) is 5.25. The van der Waals surface area contributed by atoms with Crippen molar-refractivity contribution in [1.82, 2.24) is 19.7 Å². The third-order valence-corrected chi connectivity index (χ3v) is 7.21. The fourth-order valence-electron chi connectivity index (χ4n) is 4.05. The van der Waals surface area contributed by atoms with E-state index < -0.39 is 0 Å². The molecule has 4 rings (SSSR count). The molecule has 1 amide bonds. The maximum Gasteiger partial charge on any atom is 0.236 e. The molecule has 0 bridgehead atoms. The molecule has 2 aromatic rings. The second-order valence-corrected chi connectivity index (χ2v) is 9.78. The number of amides is 1. The Kier molecular flexibility index (Phi) is 6.88. The summed E-state index contributed by atoms with van der Waals surface area (Å²) >= 11 is 7.71. The Hall–Kier alpha value is -1.73. The molecule has 0 N–H and O–H groups in total. The molecule has 2 unspecified atom stereocenters. The zero-order valence-electron chi connectivity index (χ0n) is 17.6. The molecule has 2 fully saturated rings. The van der Waals surface area contributed by atoms with Crippen molar-refractivity contribution in [3.8, 4) is 5.75 Å². The molecule has 6 nitrogen and oxygen atoms in total. The zero-order valence-corrected chi connectivity index (χ0v) is 19.2. The second-order valence-electron chi connectivity index (χ2n) is 8.07. The number of benzene rings is 1. The highest BCUT2D eigenvalue weighted by atomic mass is 35.5. The molecule has 1 saturated heterocycles. The van der Waals surface area contributed by atoms with Gasteiger partial charge < -0.3 is 9.64 Å². The van der Waals surface area contributed by atoms with Crippen molar-refractivity contribution in [1.29, 1.82) is 0 Å². The van der Waals surface area contributed by atoms with Gasteiger partial charge in [0.15, 0.2) is 11.0 Å². The molecule has 1 aliphatic heterocycles. The van der Waals surface area contributed by atoms with Gasteiger partial charge in [0.1, 0.15) is 12.4 Å². The van der Waals surface area contributed by atoms with Crippen LogP contribution in [-0.4, -0.2) is 43.4 Å². The Bertz CT molecular complexity index is 886. The van der Waals surface area contributed by atoms with Crippen LogP contribution in [0.25, 0.3) is 0 Å². The number of para-hydroxylation sites is 1. The first-order valence-electron chi connectivity index (χ1n) is 10.9. The van der Waals surface area contributed by atoms with Crippen LogP contribution in [0.4, 0.5) is 0 Å². The number of hydrogen-bond acceptors (Lipinski definition) is 5. The minimum Gasteiger partial charge on any atom is -0.484 e. The maximum absolute atomic E-state index is 13.1. The average molecular weight is 449 g/mol. The van der Waals surface area contributed by atoms with Gasteiger partial charge in [-0.3, -0.25) is 9.36 Å². The molecule has 30 heavy (non-hydrogen) atoms. The molecular formula is C22H29ClN4O2S. The summed E-state index contributed by atoms with van der Waals surface area (Å²) in [4.78, 5) is 15.2. The van der Waals surface area contributed by atoms with Crippen LogP contribution in [0, 0.1) is 0 Å². The van der Waals surface area contributed by atoms with Gasteiger partial charge in [-0.05, 0) is 57.6 Å². The van der Waals surface area contributed by atoms with Crippen molar-refractivity contribution in [3.63, 3.8) is 0 Å². The number of aromatic nitrogens is 3. The normalized spacial score (nSPS) is 20.2. The zero-order chi connectivity index (χ0) is 21.1. The van der Waals surface area contributed by atoms with Gasteiger partial charge in [0, 0.05) is 18.6 Å². The summed E-state index contributed by atoms with van der Waals surface area (Å²) in [7, 11) is 0. The highest BCUT2D eigenvalue weighted by molar-refractivity contribution is 8.00. The van der Waals surface area contributed by atoms with Crippen LogP contribution in [-0.2, 0) is 11.4 Å². The Morgan fingerprint density at radius 3 is 2.80 bits per heavy atom. The number of carbonyl (C=O) groups is 1. The van der Waals surface area contributed by atoms with E-state index in [9.17, 15) is 4.79 Å². The topological polar surface area (TPSA) is 60.3 Å². The molecule has 2 atom stereocenters. The largest absolute Gasteiger partial charge is 0.484 e. The Labute approximate surface area is 187 Å². The number of halogens is 1. The quantitative estimate of drug-likeness (QED) is 0.524. The van der Waals surface area contributed by atoms with Gasteiger partial charge in [0.25, 0.3) is 0 Å². The fraction of sp³-hybridized carbons (Fsp3) is 0.591. The van der Waals surface area contributed by atoms with Gasteiger partial charge >= 0.3 is 0 Å². The van der Waals surface area contributed by atoms with Crippen molar-refractivity contribution < 1.29 is 9.53 Å². The van der Waals surface area contributed by atoms with Crippen molar-refractivity contribution in [2.75, 3.05) is 6.54 Å². The summed E-state index contributed by atoms with van der Waals surface area (Å²) in [5, 5.41) is 9.99. The van der Waals surface area contributed by atoms with Crippen LogP contribution in [0.5, 0.6) is 5.75 Å². The number of nitrogens with zero attached hydrogens (tertiary/aromatic N) is 4. The first-order valence-corrected chi connectivity index (χ1v) is 12.1. The summed E-state index contributed by atoms with van der Waals surface area (Å²) in [6.45, 7) is 5.33. The lowest BCUT2D eigenvalue weighted by Gasteiger charge is -2.36. The average Bonchev–Trinajstić information content (AvgIpc) is 3.53. The van der Waals surface area contributed by atoms with Gasteiger partial charge in [0.05, 0.1) is 10.3 Å². The van der Waals surface area contributed by atoms with Crippen LogP contribution in [0.1, 0.15) is 64.2 Å². The molecule has 0 spiro atoms. The van der Waals surface area contributed by atoms with E-state index in [0.717, 1.165) is 49.6 Å². The summed E-state index contributed by atoms with van der Waals surface area (Å²) < 4.78 is 8.04. The lowest BCUT2D eigenvalue weighted by atomic mass is 10.00. The lowest BCUT2D eigenvalue weighted by Crippen LogP contribution is -2.46. The summed E-state index contributed by atoms with van der Waals surface area (Å²) in [5.41, 5.74) is 0. The van der Waals surface area contributed by atoms with E-state index in [1.807, 2.05) is 25.1 Å². The number of likely N-dealkylation sites (tertiary alicyclic amines) is 1. The SMILES string of the molecule is CCC1CCCCN1C(=O)C(C)Sc1nnc(COc2ccccc2Cl)n1C1CC1. The van der Waals surface area contributed by atoms with Gasteiger partial charge in [0.2, 0.25) is 5.91 Å². The minimum atomic E-state index is -0.184. The van der Waals surface area contributed by atoms with Crippen molar-refractivity contribution in [2.24, 2.45) is 0 Å². The van der Waals surface area contributed by atoms with Gasteiger partial charge in [-0.2, -0.15) is 0 Å². The van der Waals surface area contributed by atoms with Crippen molar-refractivity contribution in [3.05, 3.63) is 35.1 Å². The number of thioether (sulfide) groups is 1. The van der Waals surface area contributed by atoms with Gasteiger partial charge in [-0.1, -0.05) is 42.4 Å². The third-order valence-electron chi connectivity index (χ3n) is 5.85. The number of ether oxygens (including phenoxy) is 1. The first kappa shape index (κ1) is 21.5. The molecule has 8 heteroatoms. The number of carbonyl (C=O) groups excluding carboxylic acids is 1. The molecule has 2 aliphatic rings. The van der Waals surface area contributed by atoms with E-state index in [1.165, 1.54) is 18.2 Å². The minimum absolute atomic E-state index is 0.184. The molecule has 162 valence electrons. The highest BCUT2D eigenvalue weighted by Gasteiger charge is 2.33. The smallest absolute Gasteiger partial charge is 0.236 e. The molecule has 2 heterocycles. The van der Waals surface area contributed by atoms with Gasteiger partial charge in [-0.15, -0.1) is 10.2 Å². The first-order chi connectivity index (χ1) is 14.6. The molecule has 1 aliphatic carbocycles. The Balaban J connectivity index is 1.45. The third kappa shape index (κ3) is 4.78. The van der Waals surface area contributed by atoms with Crippen molar-refractivity contribution in [2.45, 2.75) is 81.5 Å². The molecule has 1 saturated carbocycles. The van der Waals surface area contributed by atoms with E-state index in [0.29, 0.717) is 29.5 Å². The number of rotatable bonds is 8. The van der Waals surface area contributed by atoms with Gasteiger partial charge in [-0.25, -0.2) is 0 Å². The number of piperidine rings is 1. The van der Waals surface area contributed by atoms with Crippen LogP contribution in [0.2, 0.25) is 5.02 Å². The predicted octanol–water partition coefficient (Wildman–Crippen LogP) is 5.12. The monoisotopic (exact) mass is 448 g/mol. The van der Waals surface area contributed by atoms with Crippen LogP contribution in [0.15, 0.2) is 29.4 Å².